The van der Waals surface area contributed by atoms with Gasteiger partial charge >= 0.3 is 5.97 Å². The number of ketones is 1. The largest absolute Gasteiger partial charge is 0.466 e. The topological polar surface area (TPSA) is 52.6 Å². The van der Waals surface area contributed by atoms with E-state index in [1.807, 2.05) is 30.3 Å². The highest BCUT2D eigenvalue weighted by molar-refractivity contribution is 5.81. The molecule has 1 aliphatic heterocycles. The molecule has 1 aromatic carbocycles. The predicted octanol–water partition coefficient (Wildman–Crippen LogP) is 2.43. The Morgan fingerprint density at radius 3 is 2.74 bits per heavy atom. The Morgan fingerprint density at radius 1 is 1.32 bits per heavy atom. The summed E-state index contributed by atoms with van der Waals surface area (Å²) in [6.07, 6.45) is 0.196. The molecule has 1 heterocycles. The molecule has 1 aromatic rings. The second kappa shape index (κ2) is 6.48. The van der Waals surface area contributed by atoms with E-state index < -0.39 is 0 Å². The second-order valence-corrected chi connectivity index (χ2v) is 4.61. The van der Waals surface area contributed by atoms with Crippen LogP contribution in [-0.2, 0) is 19.1 Å². The van der Waals surface area contributed by atoms with Crippen molar-refractivity contribution in [2.24, 2.45) is 0 Å². The number of hydrogen-bond acceptors (Lipinski definition) is 4. The lowest BCUT2D eigenvalue weighted by Gasteiger charge is -2.29. The van der Waals surface area contributed by atoms with Crippen molar-refractivity contribution in [3.8, 4) is 0 Å². The first kappa shape index (κ1) is 13.7. The van der Waals surface area contributed by atoms with Gasteiger partial charge in [-0.25, -0.2) is 0 Å². The third kappa shape index (κ3) is 3.89. The predicted molar refractivity (Wildman–Crippen MR) is 69.5 cm³/mol. The van der Waals surface area contributed by atoms with Crippen LogP contribution in [-0.4, -0.2) is 24.5 Å². The molecule has 1 saturated heterocycles. The molecule has 102 valence electrons. The molecule has 0 spiro atoms. The maximum absolute atomic E-state index is 11.8. The van der Waals surface area contributed by atoms with E-state index >= 15 is 0 Å². The van der Waals surface area contributed by atoms with Crippen LogP contribution in [0.15, 0.2) is 30.3 Å². The third-order valence-corrected chi connectivity index (χ3v) is 3.10. The number of esters is 1. The zero-order valence-electron chi connectivity index (χ0n) is 11.0. The lowest BCUT2D eigenvalue weighted by atomic mass is 9.96. The Balaban J connectivity index is 2.00. The number of benzene rings is 1. The van der Waals surface area contributed by atoms with E-state index in [0.717, 1.165) is 5.56 Å². The average molecular weight is 262 g/mol. The van der Waals surface area contributed by atoms with E-state index in [1.165, 1.54) is 0 Å². The molecule has 4 nitrogen and oxygen atoms in total. The molecule has 0 saturated carbocycles. The summed E-state index contributed by atoms with van der Waals surface area (Å²) in [6.45, 7) is 2.11. The second-order valence-electron chi connectivity index (χ2n) is 4.61. The van der Waals surface area contributed by atoms with E-state index in [-0.39, 0.29) is 30.4 Å². The maximum atomic E-state index is 11.8. The molecule has 4 heteroatoms. The van der Waals surface area contributed by atoms with Gasteiger partial charge < -0.3 is 9.47 Å². The molecule has 0 N–H and O–H groups in total. The number of ether oxygens (including phenoxy) is 2. The van der Waals surface area contributed by atoms with Gasteiger partial charge in [-0.05, 0) is 12.5 Å². The highest BCUT2D eigenvalue weighted by atomic mass is 16.5. The first-order chi connectivity index (χ1) is 9.19. The molecule has 0 amide bonds. The van der Waals surface area contributed by atoms with Crippen molar-refractivity contribution < 1.29 is 19.1 Å². The van der Waals surface area contributed by atoms with E-state index in [1.54, 1.807) is 6.92 Å². The quantitative estimate of drug-likeness (QED) is 0.782. The molecular weight excluding hydrogens is 244 g/mol. The fraction of sp³-hybridized carbons (Fsp3) is 0.467. The minimum Gasteiger partial charge on any atom is -0.466 e. The summed E-state index contributed by atoms with van der Waals surface area (Å²) >= 11 is 0. The molecule has 0 aromatic heterocycles. The molecule has 0 bridgehead atoms. The van der Waals surface area contributed by atoms with Crippen LogP contribution in [0, 0.1) is 0 Å². The zero-order chi connectivity index (χ0) is 13.7. The normalized spacial score (nSPS) is 23.1. The minimum absolute atomic E-state index is 0.134. The summed E-state index contributed by atoms with van der Waals surface area (Å²) < 4.78 is 10.7. The van der Waals surface area contributed by atoms with Crippen molar-refractivity contribution in [3.63, 3.8) is 0 Å². The SMILES string of the molecule is CCOC(=O)C[C@H]1CC(=O)C[C@H](c2ccccc2)O1. The summed E-state index contributed by atoms with van der Waals surface area (Å²) in [6, 6.07) is 9.62. The number of rotatable bonds is 4. The van der Waals surface area contributed by atoms with Crippen molar-refractivity contribution in [2.45, 2.75) is 38.4 Å². The van der Waals surface area contributed by atoms with Crippen LogP contribution in [0.4, 0.5) is 0 Å². The molecular formula is C15H18O4. The fourth-order valence-electron chi connectivity index (χ4n) is 2.26. The Labute approximate surface area is 112 Å². The van der Waals surface area contributed by atoms with Gasteiger partial charge in [-0.3, -0.25) is 9.59 Å². The van der Waals surface area contributed by atoms with Gasteiger partial charge in [0.2, 0.25) is 0 Å². The van der Waals surface area contributed by atoms with E-state index in [9.17, 15) is 9.59 Å². The van der Waals surface area contributed by atoms with Gasteiger partial charge in [0.1, 0.15) is 5.78 Å². The van der Waals surface area contributed by atoms with Gasteiger partial charge in [-0.2, -0.15) is 0 Å². The number of carbonyl (C=O) groups excluding carboxylic acids is 2. The van der Waals surface area contributed by atoms with Crippen LogP contribution in [0.1, 0.15) is 37.9 Å². The molecule has 1 fully saturated rings. The summed E-state index contributed by atoms with van der Waals surface area (Å²) in [4.78, 5) is 23.2. The van der Waals surface area contributed by atoms with Crippen LogP contribution in [0.25, 0.3) is 0 Å². The summed E-state index contributed by atoms with van der Waals surface area (Å²) in [5.41, 5.74) is 0.976. The monoisotopic (exact) mass is 262 g/mol. The van der Waals surface area contributed by atoms with E-state index in [0.29, 0.717) is 19.4 Å². The Kier molecular flexibility index (Phi) is 4.68. The molecule has 2 rings (SSSR count). The highest BCUT2D eigenvalue weighted by Gasteiger charge is 2.30. The van der Waals surface area contributed by atoms with Crippen LogP contribution in [0.5, 0.6) is 0 Å². The Bertz CT molecular complexity index is 441. The van der Waals surface area contributed by atoms with Crippen molar-refractivity contribution in [2.75, 3.05) is 6.61 Å². The first-order valence-electron chi connectivity index (χ1n) is 6.56. The molecule has 2 atom stereocenters. The van der Waals surface area contributed by atoms with Crippen LogP contribution >= 0.6 is 0 Å². The average Bonchev–Trinajstić information content (AvgIpc) is 2.39. The minimum atomic E-state index is -0.370. The summed E-state index contributed by atoms with van der Waals surface area (Å²) in [7, 11) is 0. The lowest BCUT2D eigenvalue weighted by molar-refractivity contribution is -0.152. The van der Waals surface area contributed by atoms with E-state index in [2.05, 4.69) is 0 Å². The van der Waals surface area contributed by atoms with Crippen LogP contribution in [0.2, 0.25) is 0 Å². The Hall–Kier alpha value is -1.68. The third-order valence-electron chi connectivity index (χ3n) is 3.10. The van der Waals surface area contributed by atoms with Crippen LogP contribution < -0.4 is 0 Å². The standard InChI is InChI=1S/C15H18O4/c1-2-18-15(17)10-13-8-12(16)9-14(19-13)11-6-4-3-5-7-11/h3-7,13-14H,2,8-10H2,1H3/t13-,14-/m1/s1. The van der Waals surface area contributed by atoms with Gasteiger partial charge in [-0.1, -0.05) is 30.3 Å². The fourth-order valence-corrected chi connectivity index (χ4v) is 2.26. The van der Waals surface area contributed by atoms with Gasteiger partial charge in [0.15, 0.2) is 0 Å². The van der Waals surface area contributed by atoms with E-state index in [4.69, 9.17) is 9.47 Å². The van der Waals surface area contributed by atoms with Gasteiger partial charge in [0.05, 0.1) is 25.2 Å². The smallest absolute Gasteiger partial charge is 0.308 e. The van der Waals surface area contributed by atoms with Crippen molar-refractivity contribution in [3.05, 3.63) is 35.9 Å². The van der Waals surface area contributed by atoms with Gasteiger partial charge in [0.25, 0.3) is 0 Å². The molecule has 0 aliphatic carbocycles. The van der Waals surface area contributed by atoms with Crippen molar-refractivity contribution in [1.29, 1.82) is 0 Å². The molecule has 1 aliphatic rings. The highest BCUT2D eigenvalue weighted by Crippen LogP contribution is 2.30. The summed E-state index contributed by atoms with van der Waals surface area (Å²) in [5.74, 6) is -0.177. The zero-order valence-corrected chi connectivity index (χ0v) is 11.0. The Morgan fingerprint density at radius 2 is 2.05 bits per heavy atom. The van der Waals surface area contributed by atoms with Gasteiger partial charge in [0, 0.05) is 12.8 Å². The number of hydrogen-bond donors (Lipinski definition) is 0. The van der Waals surface area contributed by atoms with Crippen molar-refractivity contribution >= 4 is 11.8 Å². The molecule has 0 unspecified atom stereocenters. The lowest BCUT2D eigenvalue weighted by Crippen LogP contribution is -2.30. The van der Waals surface area contributed by atoms with Crippen molar-refractivity contribution in [1.82, 2.24) is 0 Å². The number of carbonyl (C=O) groups is 2. The van der Waals surface area contributed by atoms with Gasteiger partial charge in [-0.15, -0.1) is 0 Å². The first-order valence-corrected chi connectivity index (χ1v) is 6.56. The van der Waals surface area contributed by atoms with Crippen LogP contribution in [0.3, 0.4) is 0 Å². The number of Topliss-reactive ketones (excluding diaryl/α,β-unsaturated/α-hetero) is 1. The maximum Gasteiger partial charge on any atom is 0.308 e. The molecule has 0 radical (unpaired) electrons. The molecule has 19 heavy (non-hydrogen) atoms. The summed E-state index contributed by atoms with van der Waals surface area (Å²) in [5, 5.41) is 0.